The van der Waals surface area contributed by atoms with Gasteiger partial charge in [0.25, 0.3) is 5.88 Å². The van der Waals surface area contributed by atoms with Crippen LogP contribution in [0.5, 0.6) is 11.8 Å². The lowest BCUT2D eigenvalue weighted by Crippen LogP contribution is -2.58. The monoisotopic (exact) mass is 475 g/mol. The van der Waals surface area contributed by atoms with Crippen molar-refractivity contribution in [3.63, 3.8) is 0 Å². The molecule has 9 heteroatoms. The number of ether oxygens (including phenoxy) is 1. The van der Waals surface area contributed by atoms with Crippen LogP contribution in [0, 0.1) is 5.41 Å². The van der Waals surface area contributed by atoms with Crippen molar-refractivity contribution >= 4 is 17.4 Å². The fourth-order valence-electron chi connectivity index (χ4n) is 5.04. The van der Waals surface area contributed by atoms with Crippen LogP contribution < -0.4 is 15.0 Å². The molecule has 0 atom stereocenters. The molecule has 0 unspecified atom stereocenters. The van der Waals surface area contributed by atoms with Gasteiger partial charge in [-0.25, -0.2) is 15.0 Å². The summed E-state index contributed by atoms with van der Waals surface area (Å²) in [5.74, 6) is 1.78. The minimum absolute atomic E-state index is 0.0416. The summed E-state index contributed by atoms with van der Waals surface area (Å²) < 4.78 is 8.01. The Balaban J connectivity index is 1.16. The summed E-state index contributed by atoms with van der Waals surface area (Å²) in [4.78, 5) is 29.5. The fourth-order valence-corrected chi connectivity index (χ4v) is 5.04. The first kappa shape index (κ1) is 23.3. The van der Waals surface area contributed by atoms with E-state index < -0.39 is 0 Å². The zero-order chi connectivity index (χ0) is 24.4. The molecule has 4 heterocycles. The molecule has 0 radical (unpaired) electrons. The molecule has 1 N–H and O–H groups in total. The van der Waals surface area contributed by atoms with Crippen LogP contribution in [0.4, 0.5) is 11.5 Å². The molecule has 5 rings (SSSR count). The number of nitrogens with zero attached hydrogens (tertiary/aromatic N) is 6. The number of imidazole rings is 1. The van der Waals surface area contributed by atoms with E-state index in [0.717, 1.165) is 50.6 Å². The van der Waals surface area contributed by atoms with Crippen molar-refractivity contribution in [1.82, 2.24) is 24.4 Å². The first-order chi connectivity index (χ1) is 16.9. The normalized spacial score (nSPS) is 17.1. The van der Waals surface area contributed by atoms with E-state index in [1.54, 1.807) is 18.7 Å². The van der Waals surface area contributed by atoms with E-state index in [9.17, 15) is 4.79 Å². The highest BCUT2D eigenvalue weighted by atomic mass is 16.5. The Kier molecular flexibility index (Phi) is 6.42. The molecule has 2 aliphatic heterocycles. The number of carbonyl (C=O) groups is 1. The van der Waals surface area contributed by atoms with Gasteiger partial charge < -0.3 is 24.4 Å². The van der Waals surface area contributed by atoms with Crippen molar-refractivity contribution in [1.29, 1.82) is 0 Å². The number of likely N-dealkylation sites (tertiary alicyclic amines) is 1. The zero-order valence-corrected chi connectivity index (χ0v) is 20.6. The number of nitrogens with one attached hydrogen (secondary N) is 1. The second kappa shape index (κ2) is 9.65. The highest BCUT2D eigenvalue weighted by Gasteiger charge is 2.48. The second-order valence-corrected chi connectivity index (χ2v) is 10.1. The highest BCUT2D eigenvalue weighted by Crippen LogP contribution is 2.43. The topological polar surface area (TPSA) is 88.4 Å². The van der Waals surface area contributed by atoms with Gasteiger partial charge in [0.2, 0.25) is 11.8 Å². The third-order valence-electron chi connectivity index (χ3n) is 6.86. The van der Waals surface area contributed by atoms with E-state index in [1.807, 2.05) is 22.9 Å². The van der Waals surface area contributed by atoms with Crippen LogP contribution in [0.15, 0.2) is 49.2 Å². The van der Waals surface area contributed by atoms with Crippen LogP contribution in [0.25, 0.3) is 0 Å². The summed E-state index contributed by atoms with van der Waals surface area (Å²) in [6, 6.07) is 8.45. The largest absolute Gasteiger partial charge is 0.415 e. The fraction of sp³-hybridized carbons (Fsp3) is 0.462. The average molecular weight is 476 g/mol. The van der Waals surface area contributed by atoms with Gasteiger partial charge in [0, 0.05) is 62.6 Å². The lowest BCUT2D eigenvalue weighted by Gasteiger charge is -2.48. The van der Waals surface area contributed by atoms with Crippen molar-refractivity contribution in [3.8, 4) is 11.8 Å². The Hall–Kier alpha value is -3.46. The van der Waals surface area contributed by atoms with Crippen molar-refractivity contribution < 1.29 is 9.53 Å². The van der Waals surface area contributed by atoms with Crippen LogP contribution in [-0.4, -0.2) is 63.0 Å². The van der Waals surface area contributed by atoms with Crippen molar-refractivity contribution in [3.05, 3.63) is 54.7 Å². The molecule has 2 aliphatic rings. The highest BCUT2D eigenvalue weighted by molar-refractivity contribution is 5.88. The van der Waals surface area contributed by atoms with E-state index >= 15 is 0 Å². The van der Waals surface area contributed by atoms with Gasteiger partial charge in [0.1, 0.15) is 0 Å². The SMILES string of the molecule is CC(=O)Nc1cccc(CCN2CCC3(C2)CN(c2nccnc2Oc2cn(C(C)C)cn2)C3)c1. The maximum Gasteiger partial charge on any atom is 0.264 e. The third-order valence-corrected chi connectivity index (χ3v) is 6.86. The molecule has 3 aromatic rings. The van der Waals surface area contributed by atoms with Gasteiger partial charge in [0.05, 0.1) is 12.5 Å². The lowest BCUT2D eigenvalue weighted by molar-refractivity contribution is -0.114. The summed E-state index contributed by atoms with van der Waals surface area (Å²) in [5, 5.41) is 2.87. The van der Waals surface area contributed by atoms with Gasteiger partial charge in [-0.2, -0.15) is 0 Å². The number of hydrogen-bond donors (Lipinski definition) is 1. The first-order valence-corrected chi connectivity index (χ1v) is 12.3. The van der Waals surface area contributed by atoms with E-state index in [1.165, 1.54) is 18.9 Å². The smallest absolute Gasteiger partial charge is 0.264 e. The van der Waals surface area contributed by atoms with Gasteiger partial charge in [-0.15, -0.1) is 0 Å². The third kappa shape index (κ3) is 5.30. The van der Waals surface area contributed by atoms with Crippen LogP contribution in [0.2, 0.25) is 0 Å². The van der Waals surface area contributed by atoms with Crippen LogP contribution in [-0.2, 0) is 11.2 Å². The summed E-state index contributed by atoms with van der Waals surface area (Å²) in [6.45, 7) is 10.9. The molecule has 2 aromatic heterocycles. The number of benzene rings is 1. The average Bonchev–Trinajstić information content (AvgIpc) is 3.45. The summed E-state index contributed by atoms with van der Waals surface area (Å²) in [6.07, 6.45) is 9.20. The summed E-state index contributed by atoms with van der Waals surface area (Å²) in [7, 11) is 0. The van der Waals surface area contributed by atoms with Crippen molar-refractivity contribution in [2.24, 2.45) is 5.41 Å². The minimum atomic E-state index is -0.0416. The van der Waals surface area contributed by atoms with Crippen LogP contribution in [0.1, 0.15) is 38.8 Å². The van der Waals surface area contributed by atoms with Gasteiger partial charge in [0.15, 0.2) is 5.82 Å². The predicted octanol–water partition coefficient (Wildman–Crippen LogP) is 3.76. The molecular formula is C26H33N7O2. The summed E-state index contributed by atoms with van der Waals surface area (Å²) in [5.41, 5.74) is 2.40. The Morgan fingerprint density at radius 1 is 1.17 bits per heavy atom. The first-order valence-electron chi connectivity index (χ1n) is 12.3. The summed E-state index contributed by atoms with van der Waals surface area (Å²) >= 11 is 0. The lowest BCUT2D eigenvalue weighted by atomic mass is 9.79. The number of hydrogen-bond acceptors (Lipinski definition) is 7. The predicted molar refractivity (Wildman–Crippen MR) is 135 cm³/mol. The Morgan fingerprint density at radius 2 is 2.00 bits per heavy atom. The number of amides is 1. The molecule has 2 fully saturated rings. The molecule has 0 saturated carbocycles. The number of aromatic nitrogens is 4. The number of anilines is 2. The zero-order valence-electron chi connectivity index (χ0n) is 20.6. The maximum absolute atomic E-state index is 11.3. The molecule has 0 bridgehead atoms. The van der Waals surface area contributed by atoms with Crippen LogP contribution in [0.3, 0.4) is 0 Å². The maximum atomic E-state index is 11.3. The van der Waals surface area contributed by atoms with Gasteiger partial charge in [-0.1, -0.05) is 12.1 Å². The van der Waals surface area contributed by atoms with E-state index in [4.69, 9.17) is 4.74 Å². The standard InChI is InChI=1S/C26H33N7O2/c1-19(2)32-14-23(29-18-32)35-25-24(27-9-10-28-25)33-16-26(17-33)8-12-31(15-26)11-7-21-5-4-6-22(13-21)30-20(3)34/h4-6,9-10,13-14,18-19H,7-8,11-12,15-17H2,1-3H3,(H,30,34). The molecule has 1 spiro atoms. The molecule has 1 aromatic carbocycles. The molecule has 35 heavy (non-hydrogen) atoms. The molecule has 9 nitrogen and oxygen atoms in total. The van der Waals surface area contributed by atoms with E-state index in [0.29, 0.717) is 23.2 Å². The number of rotatable bonds is 8. The Labute approximate surface area is 206 Å². The van der Waals surface area contributed by atoms with Crippen molar-refractivity contribution in [2.45, 2.75) is 39.7 Å². The molecule has 184 valence electrons. The Bertz CT molecular complexity index is 1190. The molecule has 1 amide bonds. The van der Waals surface area contributed by atoms with Crippen LogP contribution >= 0.6 is 0 Å². The van der Waals surface area contributed by atoms with Gasteiger partial charge >= 0.3 is 0 Å². The van der Waals surface area contributed by atoms with E-state index in [-0.39, 0.29) is 5.91 Å². The van der Waals surface area contributed by atoms with E-state index in [2.05, 4.69) is 56.0 Å². The van der Waals surface area contributed by atoms with Gasteiger partial charge in [-0.3, -0.25) is 4.79 Å². The number of carbonyl (C=O) groups excluding carboxylic acids is 1. The molecule has 0 aliphatic carbocycles. The second-order valence-electron chi connectivity index (χ2n) is 10.1. The molecular weight excluding hydrogens is 442 g/mol. The quantitative estimate of drug-likeness (QED) is 0.531. The molecule has 2 saturated heterocycles. The van der Waals surface area contributed by atoms with Gasteiger partial charge in [-0.05, 0) is 50.9 Å². The minimum Gasteiger partial charge on any atom is -0.415 e. The Morgan fingerprint density at radius 3 is 2.77 bits per heavy atom. The van der Waals surface area contributed by atoms with Crippen molar-refractivity contribution in [2.75, 3.05) is 42.9 Å².